The lowest BCUT2D eigenvalue weighted by atomic mass is 9.69. The van der Waals surface area contributed by atoms with Gasteiger partial charge in [-0.15, -0.1) is 0 Å². The summed E-state index contributed by atoms with van der Waals surface area (Å²) in [6, 6.07) is 29.6. The smallest absolute Gasteiger partial charge is 0.254 e. The third-order valence-corrected chi connectivity index (χ3v) is 13.2. The largest absolute Gasteiger partial charge is 0.508 e. The number of piperidine rings is 1. The zero-order valence-corrected chi connectivity index (χ0v) is 35.8. The molecule has 7 rings (SSSR count). The van der Waals surface area contributed by atoms with E-state index in [-0.39, 0.29) is 18.4 Å². The van der Waals surface area contributed by atoms with Gasteiger partial charge in [0, 0.05) is 69.4 Å². The first kappa shape index (κ1) is 44.7. The number of imide groups is 1. The number of phenols is 1. The summed E-state index contributed by atoms with van der Waals surface area (Å²) in [5.74, 6) is 0.451. The van der Waals surface area contributed by atoms with Gasteiger partial charge in [-0.1, -0.05) is 55.5 Å². The molecule has 0 bridgehead atoms. The lowest BCUT2D eigenvalue weighted by Crippen LogP contribution is -2.58. The van der Waals surface area contributed by atoms with Crippen LogP contribution in [-0.4, -0.2) is 86.7 Å². The van der Waals surface area contributed by atoms with Crippen molar-refractivity contribution in [3.63, 3.8) is 0 Å². The highest BCUT2D eigenvalue weighted by molar-refractivity contribution is 6.02. The van der Waals surface area contributed by atoms with Crippen LogP contribution in [0.2, 0.25) is 0 Å². The minimum absolute atomic E-state index is 0.113. The van der Waals surface area contributed by atoms with Crippen molar-refractivity contribution in [1.82, 2.24) is 20.9 Å². The van der Waals surface area contributed by atoms with Crippen LogP contribution in [-0.2, 0) is 33.6 Å². The van der Waals surface area contributed by atoms with Crippen molar-refractivity contribution in [2.45, 2.75) is 89.5 Å². The highest BCUT2D eigenvalue weighted by atomic mass is 16.3. The van der Waals surface area contributed by atoms with E-state index in [9.17, 15) is 29.1 Å². The Morgan fingerprint density at radius 1 is 0.934 bits per heavy atom. The zero-order chi connectivity index (χ0) is 43.4. The number of aldehydes is 1. The van der Waals surface area contributed by atoms with Gasteiger partial charge in [0.25, 0.3) is 5.91 Å². The summed E-state index contributed by atoms with van der Waals surface area (Å²) in [6.07, 6.45) is 9.01. The lowest BCUT2D eigenvalue weighted by Gasteiger charge is -2.49. The third kappa shape index (κ3) is 10.9. The van der Waals surface area contributed by atoms with E-state index in [4.69, 9.17) is 0 Å². The third-order valence-electron chi connectivity index (χ3n) is 13.2. The van der Waals surface area contributed by atoms with Crippen molar-refractivity contribution in [3.05, 3.63) is 129 Å². The number of hydrogen-bond acceptors (Lipinski definition) is 8. The number of rotatable bonds is 16. The molecule has 1 aliphatic carbocycles. The topological polar surface area (TPSA) is 148 Å². The number of aryl methyl sites for hydroxylation is 3. The van der Waals surface area contributed by atoms with Crippen molar-refractivity contribution in [3.8, 4) is 5.75 Å². The van der Waals surface area contributed by atoms with Gasteiger partial charge >= 0.3 is 0 Å². The number of anilines is 1. The molecular formula is C50H61N5O6. The minimum Gasteiger partial charge on any atom is -0.508 e. The van der Waals surface area contributed by atoms with E-state index in [0.717, 1.165) is 36.8 Å². The van der Waals surface area contributed by atoms with Crippen molar-refractivity contribution in [1.29, 1.82) is 0 Å². The average Bonchev–Trinajstić information content (AvgIpc) is 3.28. The van der Waals surface area contributed by atoms with Crippen molar-refractivity contribution in [2.24, 2.45) is 5.41 Å². The first-order valence-electron chi connectivity index (χ1n) is 21.8. The second-order valence-corrected chi connectivity index (χ2v) is 16.9. The maximum Gasteiger partial charge on any atom is 0.254 e. The lowest BCUT2D eigenvalue weighted by molar-refractivity contribution is -0.125. The molecule has 0 radical (unpaired) electrons. The van der Waals surface area contributed by atoms with Crippen LogP contribution in [0.5, 0.6) is 5.75 Å². The van der Waals surface area contributed by atoms with Gasteiger partial charge < -0.3 is 25.5 Å². The SMILES string of the molecule is CCc1cc(C=O)c(C(=O)N(C)C(C)CCC(=O)NC=O)cc1CCCNC=O.Oc1ccc2c(c1)CCC(c1ccccc1)C2c1ccc(N2CCC3(CC2)CNC3)cc1. The van der Waals surface area contributed by atoms with Crippen LogP contribution in [0.25, 0.3) is 0 Å². The van der Waals surface area contributed by atoms with Crippen molar-refractivity contribution >= 4 is 36.6 Å². The van der Waals surface area contributed by atoms with Crippen LogP contribution in [0.3, 0.4) is 0 Å². The quantitative estimate of drug-likeness (QED) is 0.0722. The van der Waals surface area contributed by atoms with E-state index in [1.165, 1.54) is 71.9 Å². The predicted octanol–water partition coefficient (Wildman–Crippen LogP) is 6.70. The molecule has 3 atom stereocenters. The van der Waals surface area contributed by atoms with Crippen LogP contribution in [0.1, 0.15) is 118 Å². The second-order valence-electron chi connectivity index (χ2n) is 16.9. The average molecular weight is 828 g/mol. The fourth-order valence-corrected chi connectivity index (χ4v) is 9.30. The number of nitrogens with one attached hydrogen (secondary N) is 3. The van der Waals surface area contributed by atoms with Crippen LogP contribution in [0.15, 0.2) is 84.9 Å². The molecule has 0 aromatic heterocycles. The van der Waals surface area contributed by atoms with Gasteiger partial charge in [-0.05, 0) is 139 Å². The number of amides is 4. The van der Waals surface area contributed by atoms with Gasteiger partial charge in [0.1, 0.15) is 5.75 Å². The molecule has 4 N–H and O–H groups in total. The van der Waals surface area contributed by atoms with E-state index in [1.807, 2.05) is 19.1 Å². The molecule has 11 heteroatoms. The molecule has 2 fully saturated rings. The van der Waals surface area contributed by atoms with Gasteiger partial charge in [-0.25, -0.2) is 0 Å². The molecular weight excluding hydrogens is 767 g/mol. The van der Waals surface area contributed by atoms with E-state index >= 15 is 0 Å². The Morgan fingerprint density at radius 2 is 1.67 bits per heavy atom. The fraction of sp³-hybridized carbons (Fsp3) is 0.420. The number of hydrogen-bond donors (Lipinski definition) is 4. The fourth-order valence-electron chi connectivity index (χ4n) is 9.30. The summed E-state index contributed by atoms with van der Waals surface area (Å²) in [6.45, 7) is 9.06. The number of nitrogens with zero attached hydrogens (tertiary/aromatic N) is 2. The summed E-state index contributed by atoms with van der Waals surface area (Å²) in [5.41, 5.74) is 10.0. The standard InChI is InChI=1S/C29H32N2O.C21H29N3O5/c32-25-11-13-27-23(18-25)8-12-26(21-4-2-1-3-5-21)28(27)22-6-9-24(10-7-22)31-16-14-29(15-17-31)19-30-20-29;1-4-16-10-18(12-25)19(11-17(16)6-5-9-22-13-26)21(29)24(3)15(2)7-8-20(28)23-14-27/h1-7,9-11,13,18,26,28,30,32H,8,12,14-17,19-20H2;10-15H,4-9H2,1-3H3,(H,22,26)(H,23,27,28). The molecule has 3 unspecified atom stereocenters. The zero-order valence-electron chi connectivity index (χ0n) is 35.8. The maximum atomic E-state index is 13.0. The molecule has 2 heterocycles. The monoisotopic (exact) mass is 827 g/mol. The molecule has 4 amide bonds. The van der Waals surface area contributed by atoms with Gasteiger partial charge in [-0.2, -0.15) is 0 Å². The Kier molecular flexibility index (Phi) is 15.5. The minimum atomic E-state index is -0.403. The second kappa shape index (κ2) is 21.1. The number of fused-ring (bicyclic) bond motifs is 1. The summed E-state index contributed by atoms with van der Waals surface area (Å²) in [4.78, 5) is 60.8. The summed E-state index contributed by atoms with van der Waals surface area (Å²) >= 11 is 0. The Bertz CT molecular complexity index is 2130. The molecule has 2 aliphatic heterocycles. The number of phenolic OH excluding ortho intramolecular Hbond substituents is 1. The van der Waals surface area contributed by atoms with Gasteiger partial charge in [0.05, 0.1) is 5.56 Å². The van der Waals surface area contributed by atoms with Crippen molar-refractivity contribution in [2.75, 3.05) is 44.7 Å². The van der Waals surface area contributed by atoms with E-state index in [0.29, 0.717) is 72.6 Å². The normalized spacial score (nSPS) is 18.0. The number of carbonyl (C=O) groups excluding carboxylic acids is 5. The molecule has 322 valence electrons. The molecule has 11 nitrogen and oxygen atoms in total. The predicted molar refractivity (Wildman–Crippen MR) is 239 cm³/mol. The van der Waals surface area contributed by atoms with Gasteiger partial charge in [-0.3, -0.25) is 29.3 Å². The van der Waals surface area contributed by atoms with Crippen LogP contribution >= 0.6 is 0 Å². The Hall–Kier alpha value is -5.81. The Morgan fingerprint density at radius 3 is 2.31 bits per heavy atom. The molecule has 4 aromatic carbocycles. The first-order valence-corrected chi connectivity index (χ1v) is 21.8. The maximum absolute atomic E-state index is 13.0. The van der Waals surface area contributed by atoms with Crippen molar-refractivity contribution < 1.29 is 29.1 Å². The molecule has 2 saturated heterocycles. The highest BCUT2D eigenvalue weighted by Gasteiger charge is 2.40. The Labute approximate surface area is 360 Å². The van der Waals surface area contributed by atoms with E-state index < -0.39 is 5.91 Å². The number of aromatic hydroxyl groups is 1. The first-order chi connectivity index (χ1) is 29.6. The number of benzene rings is 4. The summed E-state index contributed by atoms with van der Waals surface area (Å²) in [5, 5.41) is 18.2. The van der Waals surface area contributed by atoms with Crippen LogP contribution in [0, 0.1) is 5.41 Å². The summed E-state index contributed by atoms with van der Waals surface area (Å²) < 4.78 is 0. The molecule has 3 aliphatic rings. The molecule has 1 spiro atoms. The molecule has 61 heavy (non-hydrogen) atoms. The highest BCUT2D eigenvalue weighted by Crippen LogP contribution is 2.47. The summed E-state index contributed by atoms with van der Waals surface area (Å²) in [7, 11) is 1.63. The number of carbonyl (C=O) groups is 5. The van der Waals surface area contributed by atoms with Gasteiger partial charge in [0.2, 0.25) is 18.7 Å². The van der Waals surface area contributed by atoms with Gasteiger partial charge in [0.15, 0.2) is 6.29 Å². The van der Waals surface area contributed by atoms with Crippen LogP contribution in [0.4, 0.5) is 5.69 Å². The van der Waals surface area contributed by atoms with Crippen LogP contribution < -0.4 is 20.9 Å². The van der Waals surface area contributed by atoms with E-state index in [1.54, 1.807) is 26.1 Å². The Balaban J connectivity index is 0.000000206. The molecule has 0 saturated carbocycles. The van der Waals surface area contributed by atoms with E-state index in [2.05, 4.69) is 81.5 Å². The molecule has 4 aromatic rings.